The highest BCUT2D eigenvalue weighted by atomic mass is 35.5. The number of halogens is 2. The van der Waals surface area contributed by atoms with Crippen molar-refractivity contribution in [3.05, 3.63) is 49.8 Å². The monoisotopic (exact) mass is 330 g/mol. The van der Waals surface area contributed by atoms with Crippen LogP contribution in [0.1, 0.15) is 28.2 Å². The molecule has 112 valence electrons. The predicted molar refractivity (Wildman–Crippen MR) is 78.8 cm³/mol. The highest BCUT2D eigenvalue weighted by Gasteiger charge is 2.22. The Morgan fingerprint density at radius 2 is 2.24 bits per heavy atom. The number of hydrogen-bond acceptors (Lipinski definition) is 4. The number of H-pyrrole nitrogens is 1. The van der Waals surface area contributed by atoms with Crippen LogP contribution in [0.4, 0.5) is 4.39 Å². The SMILES string of the molecule is COc1cccc(F)c1[C@H](C)NC(=O)c1s[nH]c(=O)c1Cl. The average Bonchev–Trinajstić information content (AvgIpc) is 2.78. The first-order valence-corrected chi connectivity index (χ1v) is 7.15. The standard InChI is InChI=1S/C13H12ClFN2O3S/c1-6(9-7(15)4-3-5-8(9)20-2)16-13(19)11-10(14)12(18)17-21-11/h3-6H,1-2H3,(H,16,19)(H,17,18)/t6-/m0/s1. The number of hydrogen-bond donors (Lipinski definition) is 2. The minimum absolute atomic E-state index is 0.0591. The van der Waals surface area contributed by atoms with Crippen molar-refractivity contribution in [1.29, 1.82) is 0 Å². The third kappa shape index (κ3) is 3.08. The highest BCUT2D eigenvalue weighted by Crippen LogP contribution is 2.28. The number of rotatable bonds is 4. The second-order valence-electron chi connectivity index (χ2n) is 4.23. The van der Waals surface area contributed by atoms with E-state index in [1.54, 1.807) is 13.0 Å². The summed E-state index contributed by atoms with van der Waals surface area (Å²) in [4.78, 5) is 23.3. The molecule has 0 unspecified atom stereocenters. The first-order valence-electron chi connectivity index (χ1n) is 5.96. The zero-order valence-corrected chi connectivity index (χ0v) is 12.8. The lowest BCUT2D eigenvalue weighted by molar-refractivity contribution is 0.0943. The molecule has 1 aromatic carbocycles. The van der Waals surface area contributed by atoms with E-state index in [9.17, 15) is 14.0 Å². The molecular weight excluding hydrogens is 319 g/mol. The van der Waals surface area contributed by atoms with Crippen LogP contribution in [0.15, 0.2) is 23.0 Å². The Balaban J connectivity index is 2.26. The summed E-state index contributed by atoms with van der Waals surface area (Å²) in [6, 6.07) is 3.74. The molecule has 21 heavy (non-hydrogen) atoms. The molecule has 1 atom stereocenters. The van der Waals surface area contributed by atoms with Gasteiger partial charge in [0.1, 0.15) is 21.5 Å². The van der Waals surface area contributed by atoms with Gasteiger partial charge in [0.2, 0.25) is 0 Å². The van der Waals surface area contributed by atoms with Crippen LogP contribution in [0.3, 0.4) is 0 Å². The number of carbonyl (C=O) groups excluding carboxylic acids is 1. The van der Waals surface area contributed by atoms with E-state index in [-0.39, 0.29) is 15.5 Å². The lowest BCUT2D eigenvalue weighted by atomic mass is 10.1. The topological polar surface area (TPSA) is 71.2 Å². The Bertz CT molecular complexity index is 728. The maximum Gasteiger partial charge on any atom is 0.277 e. The van der Waals surface area contributed by atoms with E-state index in [2.05, 4.69) is 9.69 Å². The van der Waals surface area contributed by atoms with Crippen molar-refractivity contribution in [3.63, 3.8) is 0 Å². The number of aromatic nitrogens is 1. The predicted octanol–water partition coefficient (Wildman–Crippen LogP) is 2.73. The zero-order valence-electron chi connectivity index (χ0n) is 11.2. The van der Waals surface area contributed by atoms with Gasteiger partial charge in [-0.25, -0.2) is 4.39 Å². The Morgan fingerprint density at radius 3 is 2.81 bits per heavy atom. The van der Waals surface area contributed by atoms with Crippen molar-refractivity contribution in [2.24, 2.45) is 0 Å². The number of aromatic amines is 1. The zero-order chi connectivity index (χ0) is 15.6. The maximum atomic E-state index is 13.9. The fraction of sp³-hybridized carbons (Fsp3) is 0.231. The number of benzene rings is 1. The molecule has 8 heteroatoms. The Morgan fingerprint density at radius 1 is 1.52 bits per heavy atom. The van der Waals surface area contributed by atoms with E-state index in [0.29, 0.717) is 5.75 Å². The molecule has 0 spiro atoms. The van der Waals surface area contributed by atoms with Crippen LogP contribution in [-0.2, 0) is 0 Å². The van der Waals surface area contributed by atoms with Crippen molar-refractivity contribution in [1.82, 2.24) is 9.69 Å². The van der Waals surface area contributed by atoms with Crippen molar-refractivity contribution in [2.75, 3.05) is 7.11 Å². The number of methoxy groups -OCH3 is 1. The molecule has 0 radical (unpaired) electrons. The number of amides is 1. The molecule has 1 heterocycles. The van der Waals surface area contributed by atoms with E-state index in [1.807, 2.05) is 0 Å². The van der Waals surface area contributed by atoms with Crippen molar-refractivity contribution in [2.45, 2.75) is 13.0 Å². The van der Waals surface area contributed by atoms with Crippen molar-refractivity contribution in [3.8, 4) is 5.75 Å². The summed E-state index contributed by atoms with van der Waals surface area (Å²) < 4.78 is 21.4. The molecule has 2 rings (SSSR count). The Hall–Kier alpha value is -1.86. The summed E-state index contributed by atoms with van der Waals surface area (Å²) in [6.45, 7) is 1.61. The van der Waals surface area contributed by atoms with Gasteiger partial charge in [-0.2, -0.15) is 0 Å². The summed E-state index contributed by atoms with van der Waals surface area (Å²) >= 11 is 6.56. The van der Waals surface area contributed by atoms with Gasteiger partial charge in [-0.15, -0.1) is 0 Å². The molecule has 0 saturated carbocycles. The third-order valence-corrected chi connectivity index (χ3v) is 4.22. The normalized spacial score (nSPS) is 12.0. The van der Waals surface area contributed by atoms with E-state index in [1.165, 1.54) is 19.2 Å². The fourth-order valence-electron chi connectivity index (χ4n) is 1.89. The molecule has 1 amide bonds. The smallest absolute Gasteiger partial charge is 0.277 e. The molecule has 0 fully saturated rings. The van der Waals surface area contributed by atoms with Gasteiger partial charge in [-0.05, 0) is 19.1 Å². The first-order chi connectivity index (χ1) is 9.95. The van der Waals surface area contributed by atoms with Crippen LogP contribution in [0, 0.1) is 5.82 Å². The molecular formula is C13H12ClFN2O3S. The van der Waals surface area contributed by atoms with E-state index >= 15 is 0 Å². The average molecular weight is 331 g/mol. The second-order valence-corrected chi connectivity index (χ2v) is 5.42. The Labute approximate surface area is 128 Å². The molecule has 0 saturated heterocycles. The van der Waals surface area contributed by atoms with Crippen LogP contribution < -0.4 is 15.6 Å². The summed E-state index contributed by atoms with van der Waals surface area (Å²) in [5.74, 6) is -0.715. The molecule has 0 aliphatic rings. The first kappa shape index (κ1) is 15.5. The van der Waals surface area contributed by atoms with Gasteiger partial charge in [0, 0.05) is 0 Å². The lowest BCUT2D eigenvalue weighted by Crippen LogP contribution is -2.27. The minimum Gasteiger partial charge on any atom is -0.496 e. The van der Waals surface area contributed by atoms with Crippen LogP contribution >= 0.6 is 23.1 Å². The van der Waals surface area contributed by atoms with E-state index in [4.69, 9.17) is 16.3 Å². The highest BCUT2D eigenvalue weighted by molar-refractivity contribution is 7.08. The van der Waals surface area contributed by atoms with E-state index in [0.717, 1.165) is 11.5 Å². The quantitative estimate of drug-likeness (QED) is 0.905. The number of ether oxygens (including phenoxy) is 1. The summed E-state index contributed by atoms with van der Waals surface area (Å²) in [6.07, 6.45) is 0. The van der Waals surface area contributed by atoms with Gasteiger partial charge in [0.05, 0.1) is 18.7 Å². The second kappa shape index (κ2) is 6.28. The van der Waals surface area contributed by atoms with Gasteiger partial charge >= 0.3 is 0 Å². The van der Waals surface area contributed by atoms with Gasteiger partial charge in [-0.1, -0.05) is 29.2 Å². The summed E-state index contributed by atoms with van der Waals surface area (Å²) in [5, 5.41) is 2.41. The van der Waals surface area contributed by atoms with Crippen LogP contribution in [0.2, 0.25) is 5.02 Å². The van der Waals surface area contributed by atoms with Crippen molar-refractivity contribution < 1.29 is 13.9 Å². The van der Waals surface area contributed by atoms with Crippen molar-refractivity contribution >= 4 is 29.0 Å². The lowest BCUT2D eigenvalue weighted by Gasteiger charge is -2.17. The molecule has 1 aromatic heterocycles. The molecule has 0 aliphatic heterocycles. The van der Waals surface area contributed by atoms with Gasteiger partial charge in [-0.3, -0.25) is 14.0 Å². The molecule has 0 bridgehead atoms. The Kier molecular flexibility index (Phi) is 4.64. The summed E-state index contributed by atoms with van der Waals surface area (Å²) in [5.41, 5.74) is -0.296. The fourth-order valence-corrected chi connectivity index (χ4v) is 2.82. The molecule has 0 aliphatic carbocycles. The number of carbonyl (C=O) groups is 1. The molecule has 2 aromatic rings. The number of nitrogens with one attached hydrogen (secondary N) is 2. The maximum absolute atomic E-state index is 13.9. The van der Waals surface area contributed by atoms with Crippen LogP contribution in [-0.4, -0.2) is 17.4 Å². The van der Waals surface area contributed by atoms with Gasteiger partial charge in [0.15, 0.2) is 0 Å². The molecule has 2 N–H and O–H groups in total. The van der Waals surface area contributed by atoms with Crippen LogP contribution in [0.25, 0.3) is 0 Å². The van der Waals surface area contributed by atoms with E-state index < -0.39 is 23.3 Å². The summed E-state index contributed by atoms with van der Waals surface area (Å²) in [7, 11) is 1.42. The van der Waals surface area contributed by atoms with Gasteiger partial charge < -0.3 is 10.1 Å². The van der Waals surface area contributed by atoms with Gasteiger partial charge in [0.25, 0.3) is 11.5 Å². The largest absolute Gasteiger partial charge is 0.496 e. The molecule has 5 nitrogen and oxygen atoms in total. The third-order valence-electron chi connectivity index (χ3n) is 2.86. The van der Waals surface area contributed by atoms with Crippen LogP contribution in [0.5, 0.6) is 5.75 Å². The minimum atomic E-state index is -0.651.